The fourth-order valence-corrected chi connectivity index (χ4v) is 5.24. The van der Waals surface area contributed by atoms with Crippen LogP contribution in [0.15, 0.2) is 42.5 Å². The van der Waals surface area contributed by atoms with Gasteiger partial charge < -0.3 is 19.4 Å². The zero-order valence-corrected chi connectivity index (χ0v) is 21.5. The van der Waals surface area contributed by atoms with Crippen molar-refractivity contribution in [2.75, 3.05) is 57.3 Å². The maximum absolute atomic E-state index is 13.4. The molecule has 2 aromatic carbocycles. The summed E-state index contributed by atoms with van der Waals surface area (Å²) in [5.74, 6) is -0.955. The monoisotopic (exact) mass is 521 g/mol. The minimum Gasteiger partial charge on any atom is -0.494 e. The van der Waals surface area contributed by atoms with Crippen molar-refractivity contribution in [1.82, 2.24) is 9.80 Å². The van der Waals surface area contributed by atoms with E-state index in [9.17, 15) is 22.4 Å². The number of likely N-dealkylation sites (tertiary alicyclic amines) is 1. The third-order valence-electron chi connectivity index (χ3n) is 7.15. The van der Waals surface area contributed by atoms with Crippen molar-refractivity contribution < 1.29 is 27.1 Å². The van der Waals surface area contributed by atoms with Gasteiger partial charge in [0.2, 0.25) is 0 Å². The van der Waals surface area contributed by atoms with E-state index >= 15 is 0 Å². The highest BCUT2D eigenvalue weighted by atomic mass is 19.4. The van der Waals surface area contributed by atoms with Crippen LogP contribution < -0.4 is 9.64 Å². The molecule has 2 fully saturated rings. The molecule has 0 unspecified atom stereocenters. The molecule has 2 heterocycles. The molecule has 0 atom stereocenters. The molecule has 2 aliphatic heterocycles. The van der Waals surface area contributed by atoms with Crippen LogP contribution in [0.3, 0.4) is 0 Å². The molecule has 1 amide bonds. The summed E-state index contributed by atoms with van der Waals surface area (Å²) in [5, 5.41) is 0. The maximum Gasteiger partial charge on any atom is 0.417 e. The number of hydrogen-bond acceptors (Lipinski definition) is 4. The van der Waals surface area contributed by atoms with E-state index in [4.69, 9.17) is 4.74 Å². The molecule has 0 aliphatic carbocycles. The number of anilines is 1. The van der Waals surface area contributed by atoms with E-state index in [1.807, 2.05) is 24.3 Å². The highest BCUT2D eigenvalue weighted by Gasteiger charge is 2.37. The first-order chi connectivity index (χ1) is 17.5. The standard InChI is InChI=1S/C28H35F4N3O2/c1-27(2)11-3-12-33(20-27)13-4-18-37-23-8-6-22(7-9-23)34-14-16-35(17-15-34)26(36)24-10-5-21(29)19-25(24)28(30,31)32/h5-10,19H,3-4,11-18,20H2,1-2H3. The number of benzene rings is 2. The lowest BCUT2D eigenvalue weighted by Gasteiger charge is -2.38. The predicted molar refractivity (Wildman–Crippen MR) is 136 cm³/mol. The quantitative estimate of drug-likeness (QED) is 0.346. The zero-order valence-electron chi connectivity index (χ0n) is 21.5. The number of piperidine rings is 1. The Hall–Kier alpha value is -2.81. The third-order valence-corrected chi connectivity index (χ3v) is 7.15. The lowest BCUT2D eigenvalue weighted by atomic mass is 9.84. The van der Waals surface area contributed by atoms with Gasteiger partial charge in [-0.1, -0.05) is 13.8 Å². The van der Waals surface area contributed by atoms with E-state index in [0.29, 0.717) is 31.2 Å². The Morgan fingerprint density at radius 3 is 2.35 bits per heavy atom. The van der Waals surface area contributed by atoms with Crippen molar-refractivity contribution in [3.8, 4) is 5.75 Å². The molecule has 0 radical (unpaired) electrons. The lowest BCUT2D eigenvalue weighted by molar-refractivity contribution is -0.138. The van der Waals surface area contributed by atoms with Crippen molar-refractivity contribution in [2.24, 2.45) is 5.41 Å². The first-order valence-electron chi connectivity index (χ1n) is 12.9. The average molecular weight is 522 g/mol. The summed E-state index contributed by atoms with van der Waals surface area (Å²) in [6.45, 7) is 10.2. The molecule has 0 N–H and O–H groups in total. The fourth-order valence-electron chi connectivity index (χ4n) is 5.24. The van der Waals surface area contributed by atoms with Gasteiger partial charge in [-0.2, -0.15) is 13.2 Å². The minimum absolute atomic E-state index is 0.277. The first-order valence-corrected chi connectivity index (χ1v) is 12.9. The van der Waals surface area contributed by atoms with Crippen LogP contribution in [0.5, 0.6) is 5.75 Å². The molecular weight excluding hydrogens is 486 g/mol. The maximum atomic E-state index is 13.4. The third kappa shape index (κ3) is 7.15. The zero-order chi connectivity index (χ0) is 26.6. The molecule has 2 aliphatic rings. The molecule has 5 nitrogen and oxygen atoms in total. The second-order valence-corrected chi connectivity index (χ2v) is 10.7. The van der Waals surface area contributed by atoms with E-state index in [-0.39, 0.29) is 13.1 Å². The van der Waals surface area contributed by atoms with Crippen LogP contribution in [0.25, 0.3) is 0 Å². The van der Waals surface area contributed by atoms with Gasteiger partial charge in [0.1, 0.15) is 11.6 Å². The molecule has 0 saturated carbocycles. The van der Waals surface area contributed by atoms with Crippen LogP contribution in [0.1, 0.15) is 49.0 Å². The molecular formula is C28H35F4N3O2. The topological polar surface area (TPSA) is 36.0 Å². The largest absolute Gasteiger partial charge is 0.494 e. The van der Waals surface area contributed by atoms with Crippen molar-refractivity contribution in [1.29, 1.82) is 0 Å². The summed E-state index contributed by atoms with van der Waals surface area (Å²) >= 11 is 0. The predicted octanol–water partition coefficient (Wildman–Crippen LogP) is 5.70. The van der Waals surface area contributed by atoms with Gasteiger partial charge in [0, 0.05) is 45.0 Å². The van der Waals surface area contributed by atoms with Gasteiger partial charge in [0.25, 0.3) is 5.91 Å². The molecule has 4 rings (SSSR count). The summed E-state index contributed by atoms with van der Waals surface area (Å²) in [4.78, 5) is 18.8. The highest BCUT2D eigenvalue weighted by molar-refractivity contribution is 5.96. The Morgan fingerprint density at radius 2 is 1.70 bits per heavy atom. The number of amides is 1. The van der Waals surface area contributed by atoms with Gasteiger partial charge in [-0.3, -0.25) is 4.79 Å². The van der Waals surface area contributed by atoms with Crippen LogP contribution >= 0.6 is 0 Å². The molecule has 37 heavy (non-hydrogen) atoms. The number of alkyl halides is 3. The Morgan fingerprint density at radius 1 is 1.00 bits per heavy atom. The SMILES string of the molecule is CC1(C)CCCN(CCCOc2ccc(N3CCN(C(=O)c4ccc(F)cc4C(F)(F)F)CC3)cc2)C1. The van der Waals surface area contributed by atoms with Crippen LogP contribution in [0, 0.1) is 11.2 Å². The number of nitrogens with zero attached hydrogens (tertiary/aromatic N) is 3. The normalized spacial score (nSPS) is 18.6. The second kappa shape index (κ2) is 11.3. The smallest absolute Gasteiger partial charge is 0.417 e. The highest BCUT2D eigenvalue weighted by Crippen LogP contribution is 2.33. The molecule has 2 aromatic rings. The van der Waals surface area contributed by atoms with Gasteiger partial charge in [-0.05, 0) is 73.7 Å². The molecule has 0 bridgehead atoms. The number of carbonyl (C=O) groups excluding carboxylic acids is 1. The Kier molecular flexibility index (Phi) is 8.31. The lowest BCUT2D eigenvalue weighted by Crippen LogP contribution is -2.49. The molecule has 0 spiro atoms. The van der Waals surface area contributed by atoms with E-state index < -0.39 is 29.0 Å². The van der Waals surface area contributed by atoms with Crippen LogP contribution in [-0.2, 0) is 6.18 Å². The van der Waals surface area contributed by atoms with E-state index in [1.165, 1.54) is 17.7 Å². The van der Waals surface area contributed by atoms with Crippen LogP contribution in [0.4, 0.5) is 23.2 Å². The van der Waals surface area contributed by atoms with E-state index in [0.717, 1.165) is 49.6 Å². The van der Waals surface area contributed by atoms with Crippen molar-refractivity contribution in [3.63, 3.8) is 0 Å². The number of carbonyl (C=O) groups is 1. The summed E-state index contributed by atoms with van der Waals surface area (Å²) in [7, 11) is 0. The molecule has 202 valence electrons. The van der Waals surface area contributed by atoms with Gasteiger partial charge in [0.05, 0.1) is 17.7 Å². The minimum atomic E-state index is -4.80. The summed E-state index contributed by atoms with van der Waals surface area (Å²) in [6, 6.07) is 9.94. The summed E-state index contributed by atoms with van der Waals surface area (Å²) in [6.07, 6.45) is -1.30. The number of hydrogen-bond donors (Lipinski definition) is 0. The van der Waals surface area contributed by atoms with Gasteiger partial charge in [-0.15, -0.1) is 0 Å². The number of halogens is 4. The molecule has 0 aromatic heterocycles. The molecule has 9 heteroatoms. The van der Waals surface area contributed by atoms with E-state index in [1.54, 1.807) is 0 Å². The summed E-state index contributed by atoms with van der Waals surface area (Å²) in [5.41, 5.74) is -0.406. The van der Waals surface area contributed by atoms with Crippen LogP contribution in [-0.4, -0.2) is 68.1 Å². The average Bonchev–Trinajstić information content (AvgIpc) is 2.86. The van der Waals surface area contributed by atoms with Crippen LogP contribution in [0.2, 0.25) is 0 Å². The second-order valence-electron chi connectivity index (χ2n) is 10.7. The number of piperazine rings is 1. The van der Waals surface area contributed by atoms with Gasteiger partial charge >= 0.3 is 6.18 Å². The van der Waals surface area contributed by atoms with Crippen molar-refractivity contribution in [2.45, 2.75) is 39.3 Å². The van der Waals surface area contributed by atoms with Gasteiger partial charge in [-0.25, -0.2) is 4.39 Å². The first kappa shape index (κ1) is 27.2. The Bertz CT molecular complexity index is 1060. The molecule has 2 saturated heterocycles. The number of rotatable bonds is 7. The van der Waals surface area contributed by atoms with Crippen molar-refractivity contribution >= 4 is 11.6 Å². The Balaban J connectivity index is 1.24. The Labute approximate surface area is 216 Å². The number of ether oxygens (including phenoxy) is 1. The van der Waals surface area contributed by atoms with E-state index in [2.05, 4.69) is 23.6 Å². The van der Waals surface area contributed by atoms with Crippen molar-refractivity contribution in [3.05, 3.63) is 59.4 Å². The fraction of sp³-hybridized carbons (Fsp3) is 0.536. The summed E-state index contributed by atoms with van der Waals surface area (Å²) < 4.78 is 59.3. The van der Waals surface area contributed by atoms with Gasteiger partial charge in [0.15, 0.2) is 0 Å².